The smallest absolute Gasteiger partial charge is 0.312 e. The number of phenolic OH excluding ortho intramolecular Hbond substituents is 1. The van der Waals surface area contributed by atoms with E-state index in [0.717, 1.165) is 38.9 Å². The zero-order valence-electron chi connectivity index (χ0n) is 76.3. The summed E-state index contributed by atoms with van der Waals surface area (Å²) < 4.78 is 11.6. The third-order valence-electron chi connectivity index (χ3n) is 24.2. The van der Waals surface area contributed by atoms with Crippen LogP contribution < -0.4 is 9.47 Å². The summed E-state index contributed by atoms with van der Waals surface area (Å²) in [6, 6.07) is 151. The van der Waals surface area contributed by atoms with Gasteiger partial charge in [0.2, 0.25) is 0 Å². The molecule has 0 atom stereocenters. The van der Waals surface area contributed by atoms with Gasteiger partial charge in [-0.15, -0.1) is 16.6 Å². The Bertz CT molecular complexity index is 6600. The Hall–Kier alpha value is -15.5. The summed E-state index contributed by atoms with van der Waals surface area (Å²) in [6.45, 7) is 7.16. The number of allylic oxidation sites excluding steroid dienone is 6. The van der Waals surface area contributed by atoms with E-state index >= 15 is 0 Å². The molecule has 18 rings (SSSR count). The van der Waals surface area contributed by atoms with Crippen molar-refractivity contribution in [2.75, 3.05) is 23.0 Å². The van der Waals surface area contributed by atoms with Crippen LogP contribution in [0.5, 0.6) is 17.2 Å². The largest absolute Gasteiger partial charge is 0.508 e. The maximum absolute atomic E-state index is 13.1. The summed E-state index contributed by atoms with van der Waals surface area (Å²) in [5, 5.41) is 34.0. The van der Waals surface area contributed by atoms with E-state index in [2.05, 4.69) is 418 Å². The van der Waals surface area contributed by atoms with Crippen LogP contribution in [0, 0.1) is 34.4 Å². The van der Waals surface area contributed by atoms with Crippen molar-refractivity contribution < 1.29 is 44.0 Å². The highest BCUT2D eigenvalue weighted by Gasteiger charge is 2.50. The number of benzene rings is 15. The third-order valence-corrected chi connectivity index (χ3v) is 37.3. The fourth-order valence-electron chi connectivity index (χ4n) is 18.1. The van der Waals surface area contributed by atoms with Crippen LogP contribution in [-0.4, -0.2) is 86.4 Å². The molecule has 3 aliphatic heterocycles. The van der Waals surface area contributed by atoms with Crippen molar-refractivity contribution in [1.29, 1.82) is 0 Å². The molecule has 9 nitrogen and oxygen atoms in total. The first-order valence-corrected chi connectivity index (χ1v) is 55.6. The van der Waals surface area contributed by atoms with E-state index in [0.29, 0.717) is 34.5 Å². The maximum atomic E-state index is 13.1. The number of esters is 2. The van der Waals surface area contributed by atoms with Gasteiger partial charge in [0.1, 0.15) is 17.2 Å². The Labute approximate surface area is 814 Å². The number of carbonyl (C=O) groups excluding carboxylic acids is 2. The van der Waals surface area contributed by atoms with Crippen molar-refractivity contribution in [1.82, 2.24) is 0 Å². The van der Waals surface area contributed by atoms with Crippen molar-refractivity contribution >= 4 is 136 Å². The number of carboxylic acid groups (broad SMARTS) is 2. The summed E-state index contributed by atoms with van der Waals surface area (Å²) in [7, 11) is -8.41. The van der Waals surface area contributed by atoms with Crippen molar-refractivity contribution in [3.8, 4) is 51.6 Å². The van der Waals surface area contributed by atoms with Gasteiger partial charge in [-0.25, -0.2) is 0 Å². The molecule has 137 heavy (non-hydrogen) atoms. The highest BCUT2D eigenvalue weighted by Crippen LogP contribution is 2.59. The number of hydrogen-bond donors (Lipinski definition) is 3. The van der Waals surface area contributed by atoms with Crippen LogP contribution in [0.1, 0.15) is 109 Å². The fourth-order valence-corrected chi connectivity index (χ4v) is 31.6. The van der Waals surface area contributed by atoms with E-state index in [9.17, 15) is 24.3 Å². The normalized spacial score (nSPS) is 13.7. The average molecular weight is 1870 g/mol. The first-order valence-electron chi connectivity index (χ1n) is 45.8. The van der Waals surface area contributed by atoms with Gasteiger partial charge >= 0.3 is 23.9 Å². The van der Waals surface area contributed by atoms with E-state index in [1.54, 1.807) is 12.1 Å². The minimum atomic E-state index is -2.87. The summed E-state index contributed by atoms with van der Waals surface area (Å²) >= 11 is 2.86. The van der Waals surface area contributed by atoms with Crippen LogP contribution in [-0.2, 0) is 19.2 Å². The van der Waals surface area contributed by atoms with E-state index in [1.165, 1.54) is 133 Å². The molecular weight excluding hydrogens is 1770 g/mol. The molecule has 3 heterocycles. The standard InChI is InChI=1S/C80H62O4SSi2.C37H28OSi.C6H10O4S/c1-86(77(65-35-19-7-20-36-65)73(61-27-11-3-12-28-61)74(62-29-13-4-14-30-62)78(86)66-37-21-8-22-38-66)57-53-59-43-47-69(48-44-59)83-71(81)51-55-85-56-52-72(82)84-70-49-45-60(46-50-70)54-58-87(2)79(67-39-23-9-24-40-67)75(63-31-15-5-16-32-63)76(64-33-17-6-18-34-64)80(87)68-41-25-10-26-42-68;1-39(27-26-28-22-24-33(38)25-23-28)36(31-18-10-4-11-19-31)34(29-14-6-2-7-15-29)35(30-16-8-3-9-17-30)37(39)32-20-12-5-13-21-32;7-5(8)1-3-11-4-2-6(9)10/h3-50H,51-52,55-56H2,1-2H3;2-25,38H,1H3;1-4H2,(H,7,8)(H,9,10). The molecule has 0 spiro atoms. The summed E-state index contributed by atoms with van der Waals surface area (Å²) in [5.41, 5.74) is 35.9. The van der Waals surface area contributed by atoms with Gasteiger partial charge < -0.3 is 24.8 Å². The number of aromatic hydroxyl groups is 1. The van der Waals surface area contributed by atoms with Crippen LogP contribution in [0.3, 0.4) is 0 Å². The van der Waals surface area contributed by atoms with Crippen molar-refractivity contribution in [2.45, 2.75) is 45.3 Å². The second-order valence-electron chi connectivity index (χ2n) is 33.6. The second kappa shape index (κ2) is 45.5. The monoisotopic (exact) mass is 1870 g/mol. The van der Waals surface area contributed by atoms with Crippen molar-refractivity contribution in [3.63, 3.8) is 0 Å². The Morgan fingerprint density at radius 2 is 0.401 bits per heavy atom. The first-order chi connectivity index (χ1) is 67.0. The number of ether oxygens (including phenoxy) is 2. The van der Waals surface area contributed by atoms with Crippen LogP contribution >= 0.6 is 23.5 Å². The van der Waals surface area contributed by atoms with Gasteiger partial charge in [0.15, 0.2) is 24.2 Å². The fraction of sp³-hybridized carbons (Fsp3) is 0.0894. The molecule has 0 radical (unpaired) electrons. The number of aliphatic carboxylic acids is 2. The minimum Gasteiger partial charge on any atom is -0.508 e. The molecule has 0 saturated carbocycles. The van der Waals surface area contributed by atoms with Crippen molar-refractivity contribution in [3.05, 3.63) is 520 Å². The molecule has 670 valence electrons. The van der Waals surface area contributed by atoms with E-state index < -0.39 is 36.2 Å². The highest BCUT2D eigenvalue weighted by atomic mass is 32.2. The van der Waals surface area contributed by atoms with Gasteiger partial charge in [-0.3, -0.25) is 19.2 Å². The molecule has 0 aliphatic carbocycles. The van der Waals surface area contributed by atoms with Crippen LogP contribution in [0.4, 0.5) is 0 Å². The molecule has 0 bridgehead atoms. The zero-order chi connectivity index (χ0) is 94.8. The second-order valence-corrected chi connectivity index (χ2v) is 46.5. The molecule has 0 amide bonds. The Morgan fingerprint density at radius 3 is 0.584 bits per heavy atom. The topological polar surface area (TPSA) is 147 Å². The summed E-state index contributed by atoms with van der Waals surface area (Å²) in [5.74, 6) is 11.6. The summed E-state index contributed by atoms with van der Waals surface area (Å²) in [6.07, 6.45) is 0.589. The van der Waals surface area contributed by atoms with E-state index in [-0.39, 0.29) is 43.4 Å². The molecule has 0 aromatic heterocycles. The van der Waals surface area contributed by atoms with Crippen LogP contribution in [0.2, 0.25) is 19.6 Å². The molecule has 0 saturated heterocycles. The molecule has 0 unspecified atom stereocenters. The summed E-state index contributed by atoms with van der Waals surface area (Å²) in [4.78, 5) is 46.2. The molecule has 15 aromatic carbocycles. The molecule has 15 aromatic rings. The van der Waals surface area contributed by atoms with Gasteiger partial charge in [0, 0.05) is 39.7 Å². The van der Waals surface area contributed by atoms with Crippen LogP contribution in [0.15, 0.2) is 437 Å². The number of hydrogen-bond acceptors (Lipinski definition) is 9. The van der Waals surface area contributed by atoms with Gasteiger partial charge in [0.25, 0.3) is 0 Å². The van der Waals surface area contributed by atoms with Gasteiger partial charge in [-0.1, -0.05) is 401 Å². The highest BCUT2D eigenvalue weighted by molar-refractivity contribution is 7.99. The molecule has 3 aliphatic rings. The third kappa shape index (κ3) is 22.8. The number of rotatable bonds is 26. The lowest BCUT2D eigenvalue weighted by molar-refractivity contribution is -0.137. The predicted molar refractivity (Wildman–Crippen MR) is 574 cm³/mol. The minimum absolute atomic E-state index is 0.101. The Kier molecular flexibility index (Phi) is 31.4. The molecular formula is C123H100O9S2Si3. The maximum Gasteiger partial charge on any atom is 0.312 e. The zero-order valence-corrected chi connectivity index (χ0v) is 81.0. The quantitative estimate of drug-likeness (QED) is 0.0156. The molecule has 14 heteroatoms. The lowest BCUT2D eigenvalue weighted by Gasteiger charge is -2.25. The van der Waals surface area contributed by atoms with Crippen LogP contribution in [0.25, 0.3) is 64.6 Å². The van der Waals surface area contributed by atoms with E-state index in [1.807, 2.05) is 60.7 Å². The average Bonchev–Trinajstić information content (AvgIpc) is 1.56. The predicted octanol–water partition coefficient (Wildman–Crippen LogP) is 27.6. The van der Waals surface area contributed by atoms with Gasteiger partial charge in [-0.05, 0) is 204 Å². The van der Waals surface area contributed by atoms with Crippen molar-refractivity contribution in [2.24, 2.45) is 0 Å². The number of carbonyl (C=O) groups is 4. The number of thioether (sulfide) groups is 2. The van der Waals surface area contributed by atoms with Gasteiger partial charge in [0.05, 0.1) is 25.7 Å². The lowest BCUT2D eigenvalue weighted by atomic mass is 9.89. The van der Waals surface area contributed by atoms with Gasteiger partial charge in [-0.2, -0.15) is 23.5 Å². The SMILES string of the molecule is C[Si]1(C#Cc2ccc(O)cc2)C(c2ccccc2)=C(c2ccccc2)C(c2ccccc2)=C1c1ccccc1.C[Si]1(C#Cc2ccc(OC(=O)CCSCCC(=O)Oc3ccc(C#C[Si]4(C)C(c5ccccc5)=C(c5ccccc5)C(c5ccccc5)=C4c4ccccc4)cc3)cc2)C(c2ccccc2)=C(c2ccccc2)C(c2ccccc2)=C1c1ccccc1.O=C(O)CCSCCC(=O)O. The molecule has 0 fully saturated rings. The Morgan fingerprint density at radius 1 is 0.234 bits per heavy atom. The lowest BCUT2D eigenvalue weighted by Crippen LogP contribution is -2.31. The number of phenols is 1. The van der Waals surface area contributed by atoms with E-state index in [4.69, 9.17) is 19.7 Å². The first kappa shape index (κ1) is 94.6. The Balaban J connectivity index is 0.000000222. The number of carboxylic acids is 2. The molecule has 3 N–H and O–H groups in total.